The molecular formula is C26H25N3O4. The van der Waals surface area contributed by atoms with Gasteiger partial charge in [-0.2, -0.15) is 5.26 Å². The van der Waals surface area contributed by atoms with Crippen molar-refractivity contribution in [3.63, 3.8) is 0 Å². The van der Waals surface area contributed by atoms with Crippen LogP contribution in [0.15, 0.2) is 36.4 Å². The van der Waals surface area contributed by atoms with Crippen LogP contribution in [-0.2, 0) is 5.41 Å². The maximum absolute atomic E-state index is 13.4. The Hall–Kier alpha value is -3.79. The Morgan fingerprint density at radius 2 is 2.00 bits per heavy atom. The van der Waals surface area contributed by atoms with Gasteiger partial charge in [0.1, 0.15) is 5.75 Å². The van der Waals surface area contributed by atoms with E-state index in [4.69, 9.17) is 9.84 Å². The lowest BCUT2D eigenvalue weighted by molar-refractivity contribution is 0.103. The molecule has 1 aliphatic heterocycles. The van der Waals surface area contributed by atoms with Gasteiger partial charge >= 0.3 is 6.09 Å². The van der Waals surface area contributed by atoms with Crippen molar-refractivity contribution >= 4 is 22.8 Å². The Labute approximate surface area is 191 Å². The largest absolute Gasteiger partial charge is 0.493 e. The van der Waals surface area contributed by atoms with Gasteiger partial charge in [-0.05, 0) is 54.7 Å². The fraction of sp³-hybridized carbons (Fsp3) is 0.346. The summed E-state index contributed by atoms with van der Waals surface area (Å²) in [5.41, 5.74) is 3.99. The molecule has 0 atom stereocenters. The van der Waals surface area contributed by atoms with Gasteiger partial charge < -0.3 is 19.7 Å². The molecule has 2 N–H and O–H groups in total. The van der Waals surface area contributed by atoms with Crippen LogP contribution in [0.1, 0.15) is 59.4 Å². The van der Waals surface area contributed by atoms with Gasteiger partial charge in [0.05, 0.1) is 23.8 Å². The molecule has 2 heterocycles. The minimum atomic E-state index is -0.865. The van der Waals surface area contributed by atoms with E-state index < -0.39 is 11.5 Å². The Balaban J connectivity index is 1.42. The highest BCUT2D eigenvalue weighted by atomic mass is 16.5. The van der Waals surface area contributed by atoms with Crippen LogP contribution >= 0.6 is 0 Å². The number of carbonyl (C=O) groups excluding carboxylic acids is 1. The first-order valence-corrected chi connectivity index (χ1v) is 11.2. The first-order chi connectivity index (χ1) is 15.8. The Morgan fingerprint density at radius 1 is 1.24 bits per heavy atom. The minimum Gasteiger partial charge on any atom is -0.493 e. The maximum Gasteiger partial charge on any atom is 0.407 e. The first kappa shape index (κ1) is 21.1. The molecule has 1 amide bonds. The van der Waals surface area contributed by atoms with E-state index in [0.717, 1.165) is 35.0 Å². The van der Waals surface area contributed by atoms with Crippen LogP contribution in [0.3, 0.4) is 0 Å². The molecule has 1 aromatic heterocycles. The lowest BCUT2D eigenvalue weighted by Crippen LogP contribution is -2.38. The van der Waals surface area contributed by atoms with E-state index >= 15 is 0 Å². The molecule has 0 spiro atoms. The van der Waals surface area contributed by atoms with Gasteiger partial charge in [-0.25, -0.2) is 4.79 Å². The average Bonchev–Trinajstić information content (AvgIpc) is 3.21. The van der Waals surface area contributed by atoms with Gasteiger partial charge in [-0.15, -0.1) is 0 Å². The number of piperidine rings is 1. The molecule has 1 fully saturated rings. The third kappa shape index (κ3) is 3.43. The molecule has 0 bridgehead atoms. The van der Waals surface area contributed by atoms with Crippen molar-refractivity contribution in [2.24, 2.45) is 5.92 Å². The number of amides is 1. The molecule has 0 unspecified atom stereocenters. The van der Waals surface area contributed by atoms with Crippen molar-refractivity contribution in [1.82, 2.24) is 9.88 Å². The number of likely N-dealkylation sites (tertiary alicyclic amines) is 1. The number of fused-ring (bicyclic) bond motifs is 4. The van der Waals surface area contributed by atoms with E-state index in [1.54, 1.807) is 12.1 Å². The standard InChI is InChI=1S/C26H25N3O4/c1-26(2)20-12-17(33-14-15-7-9-29(10-8-15)25(31)32)4-6-18(20)23(30)22-19-5-3-16(13-27)11-21(19)28-24(22)26/h3-6,11-12,15,28H,7-10,14H2,1-2H3,(H,31,32). The molecule has 33 heavy (non-hydrogen) atoms. The number of hydrogen-bond acceptors (Lipinski definition) is 4. The Morgan fingerprint density at radius 3 is 2.70 bits per heavy atom. The number of nitriles is 1. The molecule has 7 heteroatoms. The van der Waals surface area contributed by atoms with Gasteiger partial charge in [0.15, 0.2) is 5.78 Å². The average molecular weight is 444 g/mol. The number of rotatable bonds is 3. The predicted octanol–water partition coefficient (Wildman–Crippen LogP) is 4.68. The van der Waals surface area contributed by atoms with Gasteiger partial charge in [0.2, 0.25) is 0 Å². The summed E-state index contributed by atoms with van der Waals surface area (Å²) in [6, 6.07) is 13.2. The number of aromatic nitrogens is 1. The zero-order chi connectivity index (χ0) is 23.3. The number of carboxylic acid groups (broad SMARTS) is 1. The summed E-state index contributed by atoms with van der Waals surface area (Å²) in [7, 11) is 0. The van der Waals surface area contributed by atoms with Crippen molar-refractivity contribution in [2.75, 3.05) is 19.7 Å². The summed E-state index contributed by atoms with van der Waals surface area (Å²) >= 11 is 0. The van der Waals surface area contributed by atoms with Gasteiger partial charge in [-0.1, -0.05) is 19.9 Å². The van der Waals surface area contributed by atoms with Crippen LogP contribution < -0.4 is 4.74 Å². The van der Waals surface area contributed by atoms with Crippen molar-refractivity contribution in [3.05, 3.63) is 64.3 Å². The van der Waals surface area contributed by atoms with Crippen molar-refractivity contribution < 1.29 is 19.4 Å². The number of ketones is 1. The summed E-state index contributed by atoms with van der Waals surface area (Å²) in [5, 5.41) is 19.2. The van der Waals surface area contributed by atoms with E-state index in [2.05, 4.69) is 24.9 Å². The lowest BCUT2D eigenvalue weighted by Gasteiger charge is -2.33. The van der Waals surface area contributed by atoms with Gasteiger partial charge in [-0.3, -0.25) is 4.79 Å². The molecule has 1 aliphatic carbocycles. The summed E-state index contributed by atoms with van der Waals surface area (Å²) in [4.78, 5) is 29.4. The van der Waals surface area contributed by atoms with Crippen LogP contribution in [0.2, 0.25) is 0 Å². The topological polar surface area (TPSA) is 106 Å². The second kappa shape index (κ2) is 7.66. The Kier molecular flexibility index (Phi) is 4.89. The molecule has 0 radical (unpaired) electrons. The first-order valence-electron chi connectivity index (χ1n) is 11.2. The summed E-state index contributed by atoms with van der Waals surface area (Å²) < 4.78 is 6.09. The summed E-state index contributed by atoms with van der Waals surface area (Å²) in [6.07, 6.45) is 0.699. The van der Waals surface area contributed by atoms with Crippen molar-refractivity contribution in [3.8, 4) is 11.8 Å². The third-order valence-electron chi connectivity index (χ3n) is 7.06. The molecule has 2 aliphatic rings. The second-order valence-electron chi connectivity index (χ2n) is 9.43. The number of hydrogen-bond donors (Lipinski definition) is 2. The fourth-order valence-corrected chi connectivity index (χ4v) is 5.07. The molecule has 1 saturated heterocycles. The monoisotopic (exact) mass is 443 g/mol. The molecule has 5 rings (SSSR count). The zero-order valence-electron chi connectivity index (χ0n) is 18.6. The van der Waals surface area contributed by atoms with Crippen molar-refractivity contribution in [1.29, 1.82) is 5.26 Å². The number of nitrogens with one attached hydrogen (secondary N) is 1. The highest BCUT2D eigenvalue weighted by Gasteiger charge is 2.40. The van der Waals surface area contributed by atoms with E-state index in [9.17, 15) is 14.9 Å². The second-order valence-corrected chi connectivity index (χ2v) is 9.43. The highest BCUT2D eigenvalue weighted by Crippen LogP contribution is 2.44. The number of carbonyl (C=O) groups is 2. The molecular weight excluding hydrogens is 418 g/mol. The molecule has 2 aromatic carbocycles. The van der Waals surface area contributed by atoms with Gasteiger partial charge in [0, 0.05) is 40.7 Å². The highest BCUT2D eigenvalue weighted by molar-refractivity contribution is 6.20. The quantitative estimate of drug-likeness (QED) is 0.611. The van der Waals surface area contributed by atoms with Crippen LogP contribution in [0.5, 0.6) is 5.75 Å². The molecule has 7 nitrogen and oxygen atoms in total. The maximum atomic E-state index is 13.4. The van der Waals surface area contributed by atoms with Gasteiger partial charge in [0.25, 0.3) is 0 Å². The van der Waals surface area contributed by atoms with E-state index in [1.807, 2.05) is 24.3 Å². The van der Waals surface area contributed by atoms with E-state index in [0.29, 0.717) is 48.1 Å². The van der Waals surface area contributed by atoms with Crippen LogP contribution in [-0.4, -0.2) is 46.6 Å². The normalized spacial score (nSPS) is 17.4. The smallest absolute Gasteiger partial charge is 0.407 e. The van der Waals surface area contributed by atoms with E-state index in [1.165, 1.54) is 4.90 Å². The number of ether oxygens (including phenoxy) is 1. The molecule has 3 aromatic rings. The van der Waals surface area contributed by atoms with E-state index in [-0.39, 0.29) is 5.78 Å². The van der Waals surface area contributed by atoms with Crippen molar-refractivity contribution in [2.45, 2.75) is 32.1 Å². The predicted molar refractivity (Wildman–Crippen MR) is 123 cm³/mol. The summed E-state index contributed by atoms with van der Waals surface area (Å²) in [5.74, 6) is 0.991. The fourth-order valence-electron chi connectivity index (χ4n) is 5.07. The van der Waals surface area contributed by atoms with Crippen LogP contribution in [0.4, 0.5) is 4.79 Å². The third-order valence-corrected chi connectivity index (χ3v) is 7.06. The summed E-state index contributed by atoms with van der Waals surface area (Å²) in [6.45, 7) is 5.76. The van der Waals surface area contributed by atoms with Crippen LogP contribution in [0.25, 0.3) is 10.9 Å². The Bertz CT molecular complexity index is 1320. The number of benzene rings is 2. The number of aromatic amines is 1. The minimum absolute atomic E-state index is 0.0251. The molecule has 0 saturated carbocycles. The number of nitrogens with zero attached hydrogens (tertiary/aromatic N) is 2. The SMILES string of the molecule is CC1(C)c2cc(OCC3CCN(C(=O)O)CC3)ccc2C(=O)c2c1[nH]c1cc(C#N)ccc21. The number of H-pyrrole nitrogens is 1. The lowest BCUT2D eigenvalue weighted by atomic mass is 9.71. The molecule has 168 valence electrons. The van der Waals surface area contributed by atoms with Crippen LogP contribution in [0, 0.1) is 17.2 Å². The zero-order valence-corrected chi connectivity index (χ0v) is 18.6.